The quantitative estimate of drug-likeness (QED) is 0.683. The van der Waals surface area contributed by atoms with Crippen molar-refractivity contribution in [3.05, 3.63) is 35.4 Å². The zero-order valence-electron chi connectivity index (χ0n) is 9.34. The normalized spacial score (nSPS) is 9.20. The summed E-state index contributed by atoms with van der Waals surface area (Å²) in [6, 6.07) is 8.08. The molecule has 0 N–H and O–H groups in total. The first kappa shape index (κ1) is 11.5. The van der Waals surface area contributed by atoms with Crippen LogP contribution in [0.5, 0.6) is 0 Å². The van der Waals surface area contributed by atoms with E-state index in [0.717, 1.165) is 5.56 Å². The van der Waals surface area contributed by atoms with Crippen molar-refractivity contribution in [1.29, 1.82) is 0 Å². The molecule has 0 aliphatic carbocycles. The Labute approximate surface area is 91.5 Å². The predicted octanol–water partition coefficient (Wildman–Crippen LogP) is 2.91. The molecule has 0 spiro atoms. The number of carbonyl (C=O) groups is 1. The fraction of sp³-hybridized carbons (Fsp3) is 0.357. The number of Topliss-reactive ketones (excluding diaryl/α,β-unsaturated/α-hetero) is 1. The summed E-state index contributed by atoms with van der Waals surface area (Å²) in [7, 11) is 0. The van der Waals surface area contributed by atoms with Gasteiger partial charge in [0, 0.05) is 19.3 Å². The molecule has 0 unspecified atom stereocenters. The minimum atomic E-state index is 0.267. The highest BCUT2D eigenvalue weighted by molar-refractivity contribution is 5.81. The molecular formula is C14H16O. The highest BCUT2D eigenvalue weighted by Gasteiger charge is 2.02. The maximum absolute atomic E-state index is 11.5. The molecule has 0 saturated carbocycles. The SMILES string of the molecule is CC#CCCC(=O)Cc1cccc(C)c1. The molecular weight excluding hydrogens is 184 g/mol. The van der Waals surface area contributed by atoms with E-state index in [1.165, 1.54) is 5.56 Å². The smallest absolute Gasteiger partial charge is 0.138 e. The third kappa shape index (κ3) is 4.46. The molecule has 78 valence electrons. The van der Waals surface area contributed by atoms with Crippen molar-refractivity contribution < 1.29 is 4.79 Å². The summed E-state index contributed by atoms with van der Waals surface area (Å²) < 4.78 is 0. The van der Waals surface area contributed by atoms with E-state index in [0.29, 0.717) is 19.3 Å². The van der Waals surface area contributed by atoms with E-state index in [1.54, 1.807) is 6.92 Å². The van der Waals surface area contributed by atoms with E-state index in [9.17, 15) is 4.79 Å². The van der Waals surface area contributed by atoms with Crippen LogP contribution in [-0.4, -0.2) is 5.78 Å². The van der Waals surface area contributed by atoms with Gasteiger partial charge in [0.25, 0.3) is 0 Å². The van der Waals surface area contributed by atoms with Gasteiger partial charge >= 0.3 is 0 Å². The van der Waals surface area contributed by atoms with E-state index >= 15 is 0 Å². The predicted molar refractivity (Wildman–Crippen MR) is 62.6 cm³/mol. The Morgan fingerprint density at radius 1 is 1.40 bits per heavy atom. The third-order valence-corrected chi connectivity index (χ3v) is 2.19. The number of hydrogen-bond donors (Lipinski definition) is 0. The van der Waals surface area contributed by atoms with Crippen molar-refractivity contribution in [2.24, 2.45) is 0 Å². The number of benzene rings is 1. The molecule has 1 heteroatoms. The Morgan fingerprint density at radius 3 is 2.87 bits per heavy atom. The fourth-order valence-electron chi connectivity index (χ4n) is 1.47. The van der Waals surface area contributed by atoms with Crippen LogP contribution in [0.25, 0.3) is 0 Å². The average molecular weight is 200 g/mol. The Morgan fingerprint density at radius 2 is 2.20 bits per heavy atom. The molecule has 0 aliphatic rings. The summed E-state index contributed by atoms with van der Waals surface area (Å²) in [5.74, 6) is 5.97. The molecule has 0 aromatic heterocycles. The van der Waals surface area contributed by atoms with Crippen molar-refractivity contribution >= 4 is 5.78 Å². The van der Waals surface area contributed by atoms with Crippen molar-refractivity contribution in [1.82, 2.24) is 0 Å². The molecule has 0 radical (unpaired) electrons. The van der Waals surface area contributed by atoms with E-state index in [-0.39, 0.29) is 5.78 Å². The summed E-state index contributed by atoms with van der Waals surface area (Å²) in [4.78, 5) is 11.5. The van der Waals surface area contributed by atoms with Gasteiger partial charge in [-0.05, 0) is 19.4 Å². The van der Waals surface area contributed by atoms with Gasteiger partial charge < -0.3 is 0 Å². The minimum absolute atomic E-state index is 0.267. The summed E-state index contributed by atoms with van der Waals surface area (Å²) >= 11 is 0. The number of hydrogen-bond acceptors (Lipinski definition) is 1. The first-order valence-corrected chi connectivity index (χ1v) is 5.19. The minimum Gasteiger partial charge on any atom is -0.299 e. The zero-order chi connectivity index (χ0) is 11.1. The van der Waals surface area contributed by atoms with Gasteiger partial charge in [0.1, 0.15) is 5.78 Å². The molecule has 1 nitrogen and oxygen atoms in total. The lowest BCUT2D eigenvalue weighted by Crippen LogP contribution is -2.01. The average Bonchev–Trinajstić information content (AvgIpc) is 2.18. The Bertz CT molecular complexity index is 393. The van der Waals surface area contributed by atoms with E-state index < -0.39 is 0 Å². The van der Waals surface area contributed by atoms with Gasteiger partial charge in [-0.1, -0.05) is 29.8 Å². The molecule has 0 saturated heterocycles. The topological polar surface area (TPSA) is 17.1 Å². The van der Waals surface area contributed by atoms with Crippen LogP contribution in [0.2, 0.25) is 0 Å². The van der Waals surface area contributed by atoms with Gasteiger partial charge in [0.2, 0.25) is 0 Å². The first-order chi connectivity index (χ1) is 7.22. The molecule has 0 aliphatic heterocycles. The first-order valence-electron chi connectivity index (χ1n) is 5.19. The highest BCUT2D eigenvalue weighted by Crippen LogP contribution is 2.06. The lowest BCUT2D eigenvalue weighted by atomic mass is 10.0. The van der Waals surface area contributed by atoms with E-state index in [1.807, 2.05) is 25.1 Å². The van der Waals surface area contributed by atoms with Gasteiger partial charge in [-0.25, -0.2) is 0 Å². The van der Waals surface area contributed by atoms with Gasteiger partial charge in [-0.2, -0.15) is 0 Å². The molecule has 0 bridgehead atoms. The second-order valence-corrected chi connectivity index (χ2v) is 3.63. The monoisotopic (exact) mass is 200 g/mol. The maximum atomic E-state index is 11.5. The van der Waals surface area contributed by atoms with Crippen LogP contribution in [0.1, 0.15) is 30.9 Å². The summed E-state index contributed by atoms with van der Waals surface area (Å²) in [5, 5.41) is 0. The van der Waals surface area contributed by atoms with Gasteiger partial charge in [0.15, 0.2) is 0 Å². The maximum Gasteiger partial charge on any atom is 0.138 e. The fourth-order valence-corrected chi connectivity index (χ4v) is 1.47. The highest BCUT2D eigenvalue weighted by atomic mass is 16.1. The van der Waals surface area contributed by atoms with Crippen LogP contribution in [0.4, 0.5) is 0 Å². The molecule has 0 atom stereocenters. The summed E-state index contributed by atoms with van der Waals surface area (Å²) in [5.41, 5.74) is 2.30. The van der Waals surface area contributed by atoms with E-state index in [2.05, 4.69) is 17.9 Å². The van der Waals surface area contributed by atoms with Crippen molar-refractivity contribution in [2.75, 3.05) is 0 Å². The standard InChI is InChI=1S/C14H16O/c1-3-4-5-9-14(15)11-13-8-6-7-12(2)10-13/h6-8,10H,5,9,11H2,1-2H3. The van der Waals surface area contributed by atoms with Crippen molar-refractivity contribution in [2.45, 2.75) is 33.1 Å². The van der Waals surface area contributed by atoms with Crippen molar-refractivity contribution in [3.8, 4) is 11.8 Å². The molecule has 0 heterocycles. The number of rotatable bonds is 4. The van der Waals surface area contributed by atoms with Crippen LogP contribution in [0, 0.1) is 18.8 Å². The number of carbonyl (C=O) groups excluding carboxylic acids is 1. The lowest BCUT2D eigenvalue weighted by Gasteiger charge is -2.00. The second-order valence-electron chi connectivity index (χ2n) is 3.63. The van der Waals surface area contributed by atoms with Crippen LogP contribution < -0.4 is 0 Å². The zero-order valence-corrected chi connectivity index (χ0v) is 9.34. The van der Waals surface area contributed by atoms with Crippen molar-refractivity contribution in [3.63, 3.8) is 0 Å². The van der Waals surface area contributed by atoms with Gasteiger partial charge in [-0.15, -0.1) is 11.8 Å². The van der Waals surface area contributed by atoms with Crippen LogP contribution in [-0.2, 0) is 11.2 Å². The molecule has 1 aromatic rings. The van der Waals surface area contributed by atoms with Crippen LogP contribution in [0.3, 0.4) is 0 Å². The molecule has 1 rings (SSSR count). The molecule has 0 amide bonds. The molecule has 1 aromatic carbocycles. The number of aryl methyl sites for hydroxylation is 1. The van der Waals surface area contributed by atoms with Crippen LogP contribution >= 0.6 is 0 Å². The van der Waals surface area contributed by atoms with Gasteiger partial charge in [0.05, 0.1) is 0 Å². The largest absolute Gasteiger partial charge is 0.299 e. The Kier molecular flexibility index (Phi) is 4.63. The Hall–Kier alpha value is -1.55. The summed E-state index contributed by atoms with van der Waals surface area (Å²) in [6.07, 6.45) is 1.78. The second kappa shape index (κ2) is 6.03. The molecule has 15 heavy (non-hydrogen) atoms. The third-order valence-electron chi connectivity index (χ3n) is 2.19. The Balaban J connectivity index is 2.46. The van der Waals surface area contributed by atoms with E-state index in [4.69, 9.17) is 0 Å². The van der Waals surface area contributed by atoms with Gasteiger partial charge in [-0.3, -0.25) is 4.79 Å². The molecule has 0 fully saturated rings. The lowest BCUT2D eigenvalue weighted by molar-refractivity contribution is -0.118. The summed E-state index contributed by atoms with van der Waals surface area (Å²) in [6.45, 7) is 3.83. The number of ketones is 1. The van der Waals surface area contributed by atoms with Crippen LogP contribution in [0.15, 0.2) is 24.3 Å².